The molecule has 0 bridgehead atoms. The first kappa shape index (κ1) is 14.3. The fraction of sp³-hybridized carbons (Fsp3) is 0.538. The second kappa shape index (κ2) is 6.36. The molecule has 0 amide bonds. The summed E-state index contributed by atoms with van der Waals surface area (Å²) in [6, 6.07) is 7.13. The normalized spacial score (nSPS) is 15.4. The summed E-state index contributed by atoms with van der Waals surface area (Å²) in [5, 5.41) is 3.35. The Morgan fingerprint density at radius 2 is 2.11 bits per heavy atom. The van der Waals surface area contributed by atoms with Crippen molar-refractivity contribution in [3.8, 4) is 5.75 Å². The zero-order chi connectivity index (χ0) is 13.7. The molecular formula is C13H20N2O3S. The smallest absolute Gasteiger partial charge is 0.240 e. The van der Waals surface area contributed by atoms with E-state index >= 15 is 0 Å². The summed E-state index contributed by atoms with van der Waals surface area (Å²) >= 11 is 0. The summed E-state index contributed by atoms with van der Waals surface area (Å²) in [7, 11) is -1.92. The molecule has 2 N–H and O–H groups in total. The van der Waals surface area contributed by atoms with Crippen LogP contribution in [0.25, 0.3) is 0 Å². The van der Waals surface area contributed by atoms with Crippen molar-refractivity contribution in [3.05, 3.63) is 24.3 Å². The van der Waals surface area contributed by atoms with Gasteiger partial charge in [-0.05, 0) is 37.9 Å². The van der Waals surface area contributed by atoms with Gasteiger partial charge >= 0.3 is 0 Å². The zero-order valence-corrected chi connectivity index (χ0v) is 11.9. The molecule has 2 rings (SSSR count). The highest BCUT2D eigenvalue weighted by atomic mass is 32.2. The lowest BCUT2D eigenvalue weighted by Crippen LogP contribution is -2.28. The largest absolute Gasteiger partial charge is 0.497 e. The van der Waals surface area contributed by atoms with Crippen LogP contribution < -0.4 is 14.8 Å². The molecule has 0 unspecified atom stereocenters. The fourth-order valence-corrected chi connectivity index (χ4v) is 2.85. The second-order valence-electron chi connectivity index (χ2n) is 4.66. The van der Waals surface area contributed by atoms with Gasteiger partial charge in [0, 0.05) is 18.7 Å². The van der Waals surface area contributed by atoms with Gasteiger partial charge in [0.1, 0.15) is 5.75 Å². The van der Waals surface area contributed by atoms with Crippen molar-refractivity contribution >= 4 is 10.0 Å². The SMILES string of the molecule is COc1cccc(S(=O)(=O)NCCCNC2CC2)c1. The van der Waals surface area contributed by atoms with Gasteiger partial charge in [-0.25, -0.2) is 13.1 Å². The van der Waals surface area contributed by atoms with Gasteiger partial charge in [0.15, 0.2) is 0 Å². The van der Waals surface area contributed by atoms with Gasteiger partial charge in [-0.15, -0.1) is 0 Å². The molecule has 5 nitrogen and oxygen atoms in total. The minimum Gasteiger partial charge on any atom is -0.497 e. The van der Waals surface area contributed by atoms with Crippen LogP contribution in [0.1, 0.15) is 19.3 Å². The molecule has 6 heteroatoms. The van der Waals surface area contributed by atoms with Crippen LogP contribution >= 0.6 is 0 Å². The van der Waals surface area contributed by atoms with Gasteiger partial charge in [0.05, 0.1) is 12.0 Å². The number of ether oxygens (including phenoxy) is 1. The third kappa shape index (κ3) is 4.49. The molecule has 1 saturated carbocycles. The number of benzene rings is 1. The van der Waals surface area contributed by atoms with E-state index < -0.39 is 10.0 Å². The number of nitrogens with one attached hydrogen (secondary N) is 2. The van der Waals surface area contributed by atoms with Crippen LogP contribution in [0, 0.1) is 0 Å². The first-order chi connectivity index (χ1) is 9.12. The van der Waals surface area contributed by atoms with Gasteiger partial charge in [-0.1, -0.05) is 6.07 Å². The van der Waals surface area contributed by atoms with Crippen molar-refractivity contribution in [1.29, 1.82) is 0 Å². The summed E-state index contributed by atoms with van der Waals surface area (Å²) in [4.78, 5) is 0.238. The molecule has 0 saturated heterocycles. The van der Waals surface area contributed by atoms with E-state index in [0.717, 1.165) is 13.0 Å². The van der Waals surface area contributed by atoms with E-state index in [1.807, 2.05) is 0 Å². The average molecular weight is 284 g/mol. The van der Waals surface area contributed by atoms with Crippen LogP contribution in [0.15, 0.2) is 29.2 Å². The van der Waals surface area contributed by atoms with Crippen LogP contribution in [0.4, 0.5) is 0 Å². The number of sulfonamides is 1. The highest BCUT2D eigenvalue weighted by molar-refractivity contribution is 7.89. The number of rotatable bonds is 8. The predicted octanol–water partition coefficient (Wildman–Crippen LogP) is 1.12. The molecule has 1 aromatic carbocycles. The van der Waals surface area contributed by atoms with Crippen LogP contribution in [0.3, 0.4) is 0 Å². The Hall–Kier alpha value is -1.11. The highest BCUT2D eigenvalue weighted by Gasteiger charge is 2.19. The second-order valence-corrected chi connectivity index (χ2v) is 6.43. The van der Waals surface area contributed by atoms with Gasteiger partial charge in [-0.2, -0.15) is 0 Å². The van der Waals surface area contributed by atoms with E-state index in [1.165, 1.54) is 26.0 Å². The van der Waals surface area contributed by atoms with Crippen molar-refractivity contribution in [1.82, 2.24) is 10.0 Å². The average Bonchev–Trinajstić information content (AvgIpc) is 3.22. The molecule has 1 aliphatic carbocycles. The lowest BCUT2D eigenvalue weighted by Gasteiger charge is -2.08. The minimum absolute atomic E-state index is 0.238. The number of methoxy groups -OCH3 is 1. The van der Waals surface area contributed by atoms with Crippen LogP contribution in [0.5, 0.6) is 5.75 Å². The maximum absolute atomic E-state index is 12.0. The molecule has 0 heterocycles. The molecule has 19 heavy (non-hydrogen) atoms. The van der Waals surface area contributed by atoms with E-state index in [0.29, 0.717) is 18.3 Å². The molecule has 0 atom stereocenters. The van der Waals surface area contributed by atoms with Crippen molar-refractivity contribution in [3.63, 3.8) is 0 Å². The first-order valence-electron chi connectivity index (χ1n) is 6.49. The third-order valence-electron chi connectivity index (χ3n) is 3.01. The predicted molar refractivity (Wildman–Crippen MR) is 73.8 cm³/mol. The topological polar surface area (TPSA) is 67.4 Å². The maximum Gasteiger partial charge on any atom is 0.240 e. The van der Waals surface area contributed by atoms with Gasteiger partial charge < -0.3 is 10.1 Å². The van der Waals surface area contributed by atoms with E-state index in [1.54, 1.807) is 18.2 Å². The number of hydrogen-bond acceptors (Lipinski definition) is 4. The van der Waals surface area contributed by atoms with Gasteiger partial charge in [-0.3, -0.25) is 0 Å². The zero-order valence-electron chi connectivity index (χ0n) is 11.1. The summed E-state index contributed by atoms with van der Waals surface area (Å²) in [5.41, 5.74) is 0. The van der Waals surface area contributed by atoms with Crippen molar-refractivity contribution in [2.75, 3.05) is 20.2 Å². The highest BCUT2D eigenvalue weighted by Crippen LogP contribution is 2.18. The standard InChI is InChI=1S/C13H20N2O3S/c1-18-12-4-2-5-13(10-12)19(16,17)15-9-3-8-14-11-6-7-11/h2,4-5,10-11,14-15H,3,6-9H2,1H3. The van der Waals surface area contributed by atoms with E-state index in [9.17, 15) is 8.42 Å². The van der Waals surface area contributed by atoms with E-state index in [4.69, 9.17) is 4.74 Å². The summed E-state index contributed by atoms with van der Waals surface area (Å²) in [6.07, 6.45) is 3.28. The minimum atomic E-state index is -3.44. The van der Waals surface area contributed by atoms with Gasteiger partial charge in [0.2, 0.25) is 10.0 Å². The Bertz CT molecular complexity index is 512. The molecule has 1 fully saturated rings. The first-order valence-corrected chi connectivity index (χ1v) is 7.97. The Balaban J connectivity index is 1.82. The molecular weight excluding hydrogens is 264 g/mol. The Morgan fingerprint density at radius 3 is 2.79 bits per heavy atom. The quantitative estimate of drug-likeness (QED) is 0.702. The molecule has 0 radical (unpaired) electrons. The lowest BCUT2D eigenvalue weighted by molar-refractivity contribution is 0.413. The van der Waals surface area contributed by atoms with Crippen molar-refractivity contribution < 1.29 is 13.2 Å². The molecule has 0 spiro atoms. The molecule has 106 valence electrons. The van der Waals surface area contributed by atoms with Crippen LogP contribution in [-0.4, -0.2) is 34.7 Å². The monoisotopic (exact) mass is 284 g/mol. The summed E-state index contributed by atoms with van der Waals surface area (Å²) in [5.74, 6) is 0.540. The Morgan fingerprint density at radius 1 is 1.32 bits per heavy atom. The molecule has 1 aromatic rings. The fourth-order valence-electron chi connectivity index (χ4n) is 1.74. The Kier molecular flexibility index (Phi) is 4.79. The molecule has 1 aliphatic rings. The van der Waals surface area contributed by atoms with Crippen molar-refractivity contribution in [2.24, 2.45) is 0 Å². The third-order valence-corrected chi connectivity index (χ3v) is 4.47. The van der Waals surface area contributed by atoms with Gasteiger partial charge in [0.25, 0.3) is 0 Å². The van der Waals surface area contributed by atoms with Crippen molar-refractivity contribution in [2.45, 2.75) is 30.2 Å². The molecule has 0 aliphatic heterocycles. The molecule has 0 aromatic heterocycles. The van der Waals surface area contributed by atoms with E-state index in [-0.39, 0.29) is 4.90 Å². The summed E-state index contributed by atoms with van der Waals surface area (Å²) < 4.78 is 31.7. The summed E-state index contributed by atoms with van der Waals surface area (Å²) in [6.45, 7) is 1.30. The maximum atomic E-state index is 12.0. The van der Waals surface area contributed by atoms with Crippen LogP contribution in [-0.2, 0) is 10.0 Å². The number of hydrogen-bond donors (Lipinski definition) is 2. The van der Waals surface area contributed by atoms with Crippen LogP contribution in [0.2, 0.25) is 0 Å². The van der Waals surface area contributed by atoms with E-state index in [2.05, 4.69) is 10.0 Å². The Labute approximate surface area is 114 Å². The lowest BCUT2D eigenvalue weighted by atomic mass is 10.3.